The Kier molecular flexibility index (Phi) is 5.30. The van der Waals surface area contributed by atoms with Crippen LogP contribution in [-0.4, -0.2) is 43.3 Å². The molecule has 0 spiro atoms. The summed E-state index contributed by atoms with van der Waals surface area (Å²) in [5.41, 5.74) is 6.31. The summed E-state index contributed by atoms with van der Waals surface area (Å²) in [4.78, 5) is 18.0. The lowest BCUT2D eigenvalue weighted by molar-refractivity contribution is 0.206. The Morgan fingerprint density at radius 2 is 2.03 bits per heavy atom. The molecular formula is C25H26N6O2. The van der Waals surface area contributed by atoms with Gasteiger partial charge >= 0.3 is 0 Å². The summed E-state index contributed by atoms with van der Waals surface area (Å²) < 4.78 is 7.51. The number of imidazole rings is 1. The van der Waals surface area contributed by atoms with E-state index in [0.717, 1.165) is 52.3 Å². The van der Waals surface area contributed by atoms with Crippen molar-refractivity contribution in [2.45, 2.75) is 25.2 Å². The van der Waals surface area contributed by atoms with Gasteiger partial charge in [-0.1, -0.05) is 6.92 Å². The Hall–Kier alpha value is -3.78. The predicted molar refractivity (Wildman–Crippen MR) is 127 cm³/mol. The number of pyridine rings is 1. The first kappa shape index (κ1) is 21.1. The van der Waals surface area contributed by atoms with Crippen LogP contribution < -0.4 is 10.1 Å². The van der Waals surface area contributed by atoms with E-state index in [9.17, 15) is 5.11 Å². The van der Waals surface area contributed by atoms with E-state index in [4.69, 9.17) is 9.72 Å². The van der Waals surface area contributed by atoms with Crippen molar-refractivity contribution in [2.75, 3.05) is 19.0 Å². The maximum Gasteiger partial charge on any atom is 0.227 e. The summed E-state index contributed by atoms with van der Waals surface area (Å²) in [5, 5.41) is 13.2. The highest BCUT2D eigenvalue weighted by molar-refractivity contribution is 5.73. The van der Waals surface area contributed by atoms with Crippen LogP contribution in [0.3, 0.4) is 0 Å². The number of methoxy groups -OCH3 is 1. The third kappa shape index (κ3) is 3.82. The van der Waals surface area contributed by atoms with E-state index in [1.807, 2.05) is 48.3 Å². The minimum Gasteiger partial charge on any atom is -0.495 e. The van der Waals surface area contributed by atoms with Crippen LogP contribution in [0.1, 0.15) is 24.6 Å². The normalized spacial score (nSPS) is 17.1. The molecule has 0 fully saturated rings. The molecule has 1 aliphatic carbocycles. The molecule has 1 aromatic carbocycles. The number of nitrogens with zero attached hydrogens (tertiary/aromatic N) is 5. The molecule has 0 radical (unpaired) electrons. The largest absolute Gasteiger partial charge is 0.495 e. The highest BCUT2D eigenvalue weighted by atomic mass is 16.5. The van der Waals surface area contributed by atoms with Crippen molar-refractivity contribution in [1.29, 1.82) is 0 Å². The van der Waals surface area contributed by atoms with Gasteiger partial charge in [-0.15, -0.1) is 0 Å². The van der Waals surface area contributed by atoms with Crippen molar-refractivity contribution in [2.24, 2.45) is 7.05 Å². The van der Waals surface area contributed by atoms with Crippen LogP contribution in [0, 0.1) is 0 Å². The van der Waals surface area contributed by atoms with Gasteiger partial charge in [0, 0.05) is 41.7 Å². The van der Waals surface area contributed by atoms with Gasteiger partial charge in [0.25, 0.3) is 0 Å². The second-order valence-electron chi connectivity index (χ2n) is 8.63. The third-order valence-electron chi connectivity index (χ3n) is 6.39. The molecule has 4 aromatic rings. The number of anilines is 2. The molecule has 0 amide bonds. The number of nitrogens with one attached hydrogen (secondary N) is 1. The number of aliphatic hydroxyl groups excluding tert-OH is 1. The van der Waals surface area contributed by atoms with Gasteiger partial charge in [-0.2, -0.15) is 0 Å². The van der Waals surface area contributed by atoms with Crippen LogP contribution in [0.25, 0.3) is 22.5 Å². The number of aryl methyl sites for hydroxylation is 2. The van der Waals surface area contributed by atoms with E-state index in [1.165, 1.54) is 0 Å². The molecule has 33 heavy (non-hydrogen) atoms. The van der Waals surface area contributed by atoms with Crippen molar-refractivity contribution in [1.82, 2.24) is 24.5 Å². The maximum absolute atomic E-state index is 9.92. The zero-order valence-corrected chi connectivity index (χ0v) is 18.9. The van der Waals surface area contributed by atoms with Gasteiger partial charge in [-0.3, -0.25) is 4.98 Å². The third-order valence-corrected chi connectivity index (χ3v) is 6.39. The molecule has 3 aromatic heterocycles. The summed E-state index contributed by atoms with van der Waals surface area (Å²) >= 11 is 0. The SMILES string of the molecule is COc1ccc(-c2cncn2C)cc1Nc1nccc(-c2cnc3c(c2)C(C)(CO)CC3)n1. The predicted octanol–water partition coefficient (Wildman–Crippen LogP) is 3.89. The number of hydrogen-bond acceptors (Lipinski definition) is 7. The van der Waals surface area contributed by atoms with Gasteiger partial charge in [-0.25, -0.2) is 15.0 Å². The number of fused-ring (bicyclic) bond motifs is 1. The summed E-state index contributed by atoms with van der Waals surface area (Å²) in [6.45, 7) is 2.19. The number of ether oxygens (including phenoxy) is 1. The van der Waals surface area contributed by atoms with Crippen LogP contribution in [0.15, 0.2) is 55.2 Å². The van der Waals surface area contributed by atoms with Crippen LogP contribution >= 0.6 is 0 Å². The molecule has 0 saturated carbocycles. The number of aliphatic hydroxyl groups is 1. The van der Waals surface area contributed by atoms with E-state index in [-0.39, 0.29) is 12.0 Å². The number of rotatable bonds is 6. The lowest BCUT2D eigenvalue weighted by Crippen LogP contribution is -2.23. The first-order valence-corrected chi connectivity index (χ1v) is 10.9. The molecular weight excluding hydrogens is 416 g/mol. The number of hydrogen-bond donors (Lipinski definition) is 2. The Bertz CT molecular complexity index is 1320. The Morgan fingerprint density at radius 3 is 2.79 bits per heavy atom. The van der Waals surface area contributed by atoms with E-state index < -0.39 is 0 Å². The average Bonchev–Trinajstić information content (AvgIpc) is 3.42. The van der Waals surface area contributed by atoms with Crippen LogP contribution in [0.4, 0.5) is 11.6 Å². The molecule has 3 heterocycles. The van der Waals surface area contributed by atoms with Crippen LogP contribution in [0.5, 0.6) is 5.75 Å². The van der Waals surface area contributed by atoms with Crippen molar-refractivity contribution in [3.63, 3.8) is 0 Å². The van der Waals surface area contributed by atoms with E-state index in [0.29, 0.717) is 11.7 Å². The van der Waals surface area contributed by atoms with E-state index in [2.05, 4.69) is 33.3 Å². The molecule has 0 saturated heterocycles. The van der Waals surface area contributed by atoms with Crippen LogP contribution in [0.2, 0.25) is 0 Å². The molecule has 1 unspecified atom stereocenters. The lowest BCUT2D eigenvalue weighted by atomic mass is 9.85. The van der Waals surface area contributed by atoms with Gasteiger partial charge in [-0.05, 0) is 48.7 Å². The van der Waals surface area contributed by atoms with Gasteiger partial charge in [0.2, 0.25) is 5.95 Å². The summed E-state index contributed by atoms with van der Waals surface area (Å²) in [6.07, 6.45) is 8.95. The fourth-order valence-corrected chi connectivity index (χ4v) is 4.35. The molecule has 8 heteroatoms. The zero-order valence-electron chi connectivity index (χ0n) is 18.9. The highest BCUT2D eigenvalue weighted by Crippen LogP contribution is 2.39. The van der Waals surface area contributed by atoms with Gasteiger partial charge < -0.3 is 19.7 Å². The van der Waals surface area contributed by atoms with E-state index >= 15 is 0 Å². The lowest BCUT2D eigenvalue weighted by Gasteiger charge is -2.22. The topological polar surface area (TPSA) is 98.0 Å². The smallest absolute Gasteiger partial charge is 0.227 e. The quantitative estimate of drug-likeness (QED) is 0.467. The summed E-state index contributed by atoms with van der Waals surface area (Å²) in [6, 6.07) is 9.86. The average molecular weight is 443 g/mol. The van der Waals surface area contributed by atoms with Crippen molar-refractivity contribution >= 4 is 11.6 Å². The standard InChI is InChI=1S/C25H26N6O2/c1-25(14-32)8-6-20-18(25)10-17(12-28-20)19-7-9-27-24(29-19)30-21-11-16(4-5-23(21)33-3)22-13-26-15-31(22)2/h4-5,7,9-13,15,32H,6,8,14H2,1-3H3,(H,27,29,30). The molecule has 1 aliphatic rings. The fourth-order valence-electron chi connectivity index (χ4n) is 4.35. The second kappa shape index (κ2) is 8.29. The van der Waals surface area contributed by atoms with Gasteiger partial charge in [0.05, 0.1) is 43.3 Å². The zero-order chi connectivity index (χ0) is 23.0. The first-order chi connectivity index (χ1) is 16.0. The van der Waals surface area contributed by atoms with Crippen molar-refractivity contribution in [3.05, 3.63) is 66.5 Å². The molecule has 0 aliphatic heterocycles. The monoisotopic (exact) mass is 442 g/mol. The first-order valence-electron chi connectivity index (χ1n) is 10.9. The van der Waals surface area contributed by atoms with E-state index in [1.54, 1.807) is 19.6 Å². The highest BCUT2D eigenvalue weighted by Gasteiger charge is 2.35. The minimum absolute atomic E-state index is 0.106. The summed E-state index contributed by atoms with van der Waals surface area (Å²) in [5.74, 6) is 1.14. The second-order valence-corrected chi connectivity index (χ2v) is 8.63. The minimum atomic E-state index is -0.258. The Morgan fingerprint density at radius 1 is 1.15 bits per heavy atom. The van der Waals surface area contributed by atoms with Crippen LogP contribution in [-0.2, 0) is 18.9 Å². The number of benzene rings is 1. The van der Waals surface area contributed by atoms with Gasteiger partial charge in [0.1, 0.15) is 5.75 Å². The molecule has 2 N–H and O–H groups in total. The molecule has 0 bridgehead atoms. The Balaban J connectivity index is 1.48. The Labute approximate surface area is 192 Å². The molecule has 168 valence electrons. The molecule has 8 nitrogen and oxygen atoms in total. The molecule has 5 rings (SSSR count). The van der Waals surface area contributed by atoms with Gasteiger partial charge in [0.15, 0.2) is 0 Å². The number of aromatic nitrogens is 5. The fraction of sp³-hybridized carbons (Fsp3) is 0.280. The van der Waals surface area contributed by atoms with Crippen molar-refractivity contribution < 1.29 is 9.84 Å². The maximum atomic E-state index is 9.92. The van der Waals surface area contributed by atoms with Crippen molar-refractivity contribution in [3.8, 4) is 28.3 Å². The summed E-state index contributed by atoms with van der Waals surface area (Å²) in [7, 11) is 3.59. The molecule has 1 atom stereocenters.